The summed E-state index contributed by atoms with van der Waals surface area (Å²) in [6, 6.07) is 5.26. The van der Waals surface area contributed by atoms with Crippen LogP contribution in [0.15, 0.2) is 30.6 Å². The van der Waals surface area contributed by atoms with E-state index in [4.69, 9.17) is 4.74 Å². The Bertz CT molecular complexity index is 402. The predicted molar refractivity (Wildman–Crippen MR) is 56.6 cm³/mol. The predicted octanol–water partition coefficient (Wildman–Crippen LogP) is 2.43. The van der Waals surface area contributed by atoms with Gasteiger partial charge in [0.1, 0.15) is 5.75 Å². The molecule has 0 spiro atoms. The van der Waals surface area contributed by atoms with Crippen LogP contribution in [0.25, 0.3) is 0 Å². The Balaban J connectivity index is 3.02. The van der Waals surface area contributed by atoms with Crippen LogP contribution in [0.5, 0.6) is 5.75 Å². The van der Waals surface area contributed by atoms with E-state index < -0.39 is 11.7 Å². The highest BCUT2D eigenvalue weighted by Gasteiger charge is 2.11. The molecule has 0 saturated carbocycles. The third-order valence-corrected chi connectivity index (χ3v) is 1.94. The van der Waals surface area contributed by atoms with Crippen molar-refractivity contribution >= 4 is 11.6 Å². The molecule has 1 aromatic carbocycles. The first-order valence-electron chi connectivity index (χ1n) is 4.35. The van der Waals surface area contributed by atoms with Crippen molar-refractivity contribution in [1.29, 1.82) is 0 Å². The van der Waals surface area contributed by atoms with Gasteiger partial charge in [-0.25, -0.2) is 4.39 Å². The summed E-state index contributed by atoms with van der Waals surface area (Å²) in [6.45, 7) is 4.71. The van der Waals surface area contributed by atoms with Crippen molar-refractivity contribution in [2.45, 2.75) is 6.92 Å². The average molecular weight is 209 g/mol. The number of amides is 1. The molecular weight excluding hydrogens is 197 g/mol. The molecule has 3 nitrogen and oxygen atoms in total. The second kappa shape index (κ2) is 4.59. The molecule has 0 unspecified atom stereocenters. The van der Waals surface area contributed by atoms with Gasteiger partial charge >= 0.3 is 0 Å². The van der Waals surface area contributed by atoms with E-state index in [1.54, 1.807) is 25.1 Å². The number of hydrogen-bond donors (Lipinski definition) is 1. The van der Waals surface area contributed by atoms with E-state index in [-0.39, 0.29) is 0 Å². The molecule has 1 rings (SSSR count). The quantitative estimate of drug-likeness (QED) is 0.776. The van der Waals surface area contributed by atoms with Crippen molar-refractivity contribution in [2.24, 2.45) is 0 Å². The minimum atomic E-state index is -1.03. The molecule has 0 fully saturated rings. The summed E-state index contributed by atoms with van der Waals surface area (Å²) >= 11 is 0. The fraction of sp³-hybridized carbons (Fsp3) is 0.182. The molecule has 0 aliphatic rings. The van der Waals surface area contributed by atoms with Crippen molar-refractivity contribution in [2.75, 3.05) is 12.4 Å². The molecule has 0 saturated heterocycles. The molecule has 0 aromatic heterocycles. The minimum Gasteiger partial charge on any atom is -0.495 e. The Hall–Kier alpha value is -1.84. The number of halogens is 1. The number of rotatable bonds is 3. The zero-order valence-corrected chi connectivity index (χ0v) is 8.63. The van der Waals surface area contributed by atoms with Crippen LogP contribution in [0.4, 0.5) is 10.1 Å². The Morgan fingerprint density at radius 3 is 2.73 bits per heavy atom. The Labute approximate surface area is 87.6 Å². The fourth-order valence-electron chi connectivity index (χ4n) is 1.15. The maximum absolute atomic E-state index is 12.5. The molecule has 1 aromatic rings. The number of hydrogen-bond acceptors (Lipinski definition) is 2. The Morgan fingerprint density at radius 2 is 2.20 bits per heavy atom. The van der Waals surface area contributed by atoms with Crippen LogP contribution < -0.4 is 10.1 Å². The molecule has 0 aliphatic heterocycles. The summed E-state index contributed by atoms with van der Waals surface area (Å²) in [5.41, 5.74) is 1.26. The SMILES string of the molecule is C=C(F)C(=O)Nc1c(C)cccc1OC. The van der Waals surface area contributed by atoms with Gasteiger partial charge < -0.3 is 10.1 Å². The van der Waals surface area contributed by atoms with Crippen molar-refractivity contribution in [3.63, 3.8) is 0 Å². The Kier molecular flexibility index (Phi) is 3.44. The maximum Gasteiger partial charge on any atom is 0.283 e. The van der Waals surface area contributed by atoms with Crippen LogP contribution in [0, 0.1) is 6.92 Å². The van der Waals surface area contributed by atoms with Gasteiger partial charge in [-0.2, -0.15) is 0 Å². The largest absolute Gasteiger partial charge is 0.495 e. The molecule has 0 radical (unpaired) electrons. The van der Waals surface area contributed by atoms with Gasteiger partial charge in [0.15, 0.2) is 5.83 Å². The molecule has 0 atom stereocenters. The monoisotopic (exact) mass is 209 g/mol. The normalized spacial score (nSPS) is 9.53. The van der Waals surface area contributed by atoms with Crippen molar-refractivity contribution < 1.29 is 13.9 Å². The van der Waals surface area contributed by atoms with Gasteiger partial charge in [-0.15, -0.1) is 0 Å². The van der Waals surface area contributed by atoms with Crippen LogP contribution >= 0.6 is 0 Å². The maximum atomic E-state index is 12.5. The van der Waals surface area contributed by atoms with Crippen molar-refractivity contribution in [3.05, 3.63) is 36.2 Å². The molecule has 1 N–H and O–H groups in total. The van der Waals surface area contributed by atoms with Crippen LogP contribution in [0.2, 0.25) is 0 Å². The molecule has 15 heavy (non-hydrogen) atoms. The zero-order valence-electron chi connectivity index (χ0n) is 8.63. The lowest BCUT2D eigenvalue weighted by Crippen LogP contribution is -2.13. The fourth-order valence-corrected chi connectivity index (χ4v) is 1.15. The van der Waals surface area contributed by atoms with E-state index in [2.05, 4.69) is 11.9 Å². The summed E-state index contributed by atoms with van der Waals surface area (Å²) in [6.07, 6.45) is 0. The number of carbonyl (C=O) groups is 1. The first-order chi connectivity index (χ1) is 7.06. The lowest BCUT2D eigenvalue weighted by molar-refractivity contribution is -0.114. The second-order valence-corrected chi connectivity index (χ2v) is 3.01. The first kappa shape index (κ1) is 11.2. The molecule has 0 heterocycles. The van der Waals surface area contributed by atoms with E-state index in [1.165, 1.54) is 7.11 Å². The van der Waals surface area contributed by atoms with Gasteiger partial charge in [-0.3, -0.25) is 4.79 Å². The minimum absolute atomic E-state index is 0.462. The van der Waals surface area contributed by atoms with Gasteiger partial charge in [-0.1, -0.05) is 18.7 Å². The molecular formula is C11H12FNO2. The lowest BCUT2D eigenvalue weighted by Gasteiger charge is -2.11. The number of methoxy groups -OCH3 is 1. The number of benzene rings is 1. The van der Waals surface area contributed by atoms with Crippen LogP contribution in [-0.4, -0.2) is 13.0 Å². The smallest absolute Gasteiger partial charge is 0.283 e. The van der Waals surface area contributed by atoms with Crippen LogP contribution in [-0.2, 0) is 4.79 Å². The van der Waals surface area contributed by atoms with E-state index in [0.29, 0.717) is 11.4 Å². The van der Waals surface area contributed by atoms with Crippen LogP contribution in [0.3, 0.4) is 0 Å². The summed E-state index contributed by atoms with van der Waals surface area (Å²) < 4.78 is 17.5. The first-order valence-corrected chi connectivity index (χ1v) is 4.35. The number of carbonyl (C=O) groups excluding carboxylic acids is 1. The van der Waals surface area contributed by atoms with Gasteiger partial charge in [0.05, 0.1) is 12.8 Å². The Morgan fingerprint density at radius 1 is 1.53 bits per heavy atom. The average Bonchev–Trinajstić information content (AvgIpc) is 2.20. The number of anilines is 1. The number of aryl methyl sites for hydroxylation is 1. The van der Waals surface area contributed by atoms with E-state index in [9.17, 15) is 9.18 Å². The molecule has 0 bridgehead atoms. The standard InChI is InChI=1S/C11H12FNO2/c1-7-5-4-6-9(15-3)10(7)13-11(14)8(2)12/h4-6H,2H2,1,3H3,(H,13,14). The molecule has 1 amide bonds. The highest BCUT2D eigenvalue weighted by atomic mass is 19.1. The lowest BCUT2D eigenvalue weighted by atomic mass is 10.2. The summed E-state index contributed by atoms with van der Waals surface area (Å²) in [5.74, 6) is -1.40. The van der Waals surface area contributed by atoms with Gasteiger partial charge in [-0.05, 0) is 18.6 Å². The summed E-state index contributed by atoms with van der Waals surface area (Å²) in [7, 11) is 1.48. The molecule has 4 heteroatoms. The number of para-hydroxylation sites is 1. The topological polar surface area (TPSA) is 38.3 Å². The van der Waals surface area contributed by atoms with E-state index >= 15 is 0 Å². The van der Waals surface area contributed by atoms with Crippen LogP contribution in [0.1, 0.15) is 5.56 Å². The van der Waals surface area contributed by atoms with Gasteiger partial charge in [0.25, 0.3) is 5.91 Å². The molecule has 80 valence electrons. The second-order valence-electron chi connectivity index (χ2n) is 3.01. The molecule has 0 aliphatic carbocycles. The van der Waals surface area contributed by atoms with E-state index in [1.807, 2.05) is 0 Å². The summed E-state index contributed by atoms with van der Waals surface area (Å²) in [4.78, 5) is 11.1. The summed E-state index contributed by atoms with van der Waals surface area (Å²) in [5, 5.41) is 2.39. The van der Waals surface area contributed by atoms with E-state index in [0.717, 1.165) is 5.56 Å². The van der Waals surface area contributed by atoms with Crippen molar-refractivity contribution in [1.82, 2.24) is 0 Å². The third-order valence-electron chi connectivity index (χ3n) is 1.94. The zero-order chi connectivity index (χ0) is 11.4. The van der Waals surface area contributed by atoms with Gasteiger partial charge in [0.2, 0.25) is 0 Å². The van der Waals surface area contributed by atoms with Crippen molar-refractivity contribution in [3.8, 4) is 5.75 Å². The highest BCUT2D eigenvalue weighted by Crippen LogP contribution is 2.27. The number of ether oxygens (including phenoxy) is 1. The number of nitrogens with one attached hydrogen (secondary N) is 1. The van der Waals surface area contributed by atoms with Gasteiger partial charge in [0, 0.05) is 0 Å². The highest BCUT2D eigenvalue weighted by molar-refractivity contribution is 6.03. The third kappa shape index (κ3) is 2.56.